The van der Waals surface area contributed by atoms with Gasteiger partial charge in [-0.2, -0.15) is 0 Å². The molecule has 27 heavy (non-hydrogen) atoms. The highest BCUT2D eigenvalue weighted by molar-refractivity contribution is 6.30. The number of rotatable bonds is 4. The van der Waals surface area contributed by atoms with Gasteiger partial charge in [-0.25, -0.2) is 14.6 Å². The zero-order chi connectivity index (χ0) is 18.8. The first kappa shape index (κ1) is 17.6. The molecular formula is C17H19ClN8O. The molecule has 0 spiro atoms. The fourth-order valence-electron chi connectivity index (χ4n) is 3.16. The van der Waals surface area contributed by atoms with Crippen LogP contribution >= 0.6 is 11.6 Å². The van der Waals surface area contributed by atoms with E-state index in [1.807, 2.05) is 19.2 Å². The molecule has 3 aromatic rings. The lowest BCUT2D eigenvalue weighted by molar-refractivity contribution is -0.117. The standard InChI is InChI=1S/C17H19ClN8O/c1-24-16-15(22-23-24)17(20-11-19-16)26-7-5-25(6-8-26)10-14(27)21-13-4-2-3-12(18)9-13/h2-4,9,11H,5-8,10H2,1H3,(H,21,27). The molecule has 9 nitrogen and oxygen atoms in total. The molecule has 0 atom stereocenters. The van der Waals surface area contributed by atoms with Crippen LogP contribution in [-0.4, -0.2) is 68.5 Å². The van der Waals surface area contributed by atoms with Gasteiger partial charge in [-0.05, 0) is 18.2 Å². The number of aromatic nitrogens is 5. The molecule has 0 bridgehead atoms. The van der Waals surface area contributed by atoms with Gasteiger partial charge in [0, 0.05) is 43.9 Å². The quantitative estimate of drug-likeness (QED) is 0.719. The van der Waals surface area contributed by atoms with Crippen LogP contribution in [0.15, 0.2) is 30.6 Å². The second-order valence-electron chi connectivity index (χ2n) is 6.40. The van der Waals surface area contributed by atoms with Gasteiger partial charge in [0.2, 0.25) is 5.91 Å². The SMILES string of the molecule is Cn1nnc2c(N3CCN(CC(=O)Nc4cccc(Cl)c4)CC3)ncnc21. The van der Waals surface area contributed by atoms with Crippen LogP contribution in [0.4, 0.5) is 11.5 Å². The van der Waals surface area contributed by atoms with Crippen LogP contribution in [0.5, 0.6) is 0 Å². The Hall–Kier alpha value is -2.78. The predicted molar refractivity (Wildman–Crippen MR) is 103 cm³/mol. The van der Waals surface area contributed by atoms with E-state index in [0.29, 0.717) is 28.4 Å². The van der Waals surface area contributed by atoms with Gasteiger partial charge in [0.25, 0.3) is 0 Å². The van der Waals surface area contributed by atoms with E-state index in [0.717, 1.165) is 32.0 Å². The number of anilines is 2. The van der Waals surface area contributed by atoms with Gasteiger partial charge in [0.15, 0.2) is 17.0 Å². The maximum Gasteiger partial charge on any atom is 0.238 e. The Kier molecular flexibility index (Phi) is 4.87. The van der Waals surface area contributed by atoms with E-state index in [9.17, 15) is 4.79 Å². The molecule has 4 rings (SSSR count). The van der Waals surface area contributed by atoms with Crippen LogP contribution in [0, 0.1) is 0 Å². The lowest BCUT2D eigenvalue weighted by Gasteiger charge is -2.34. The van der Waals surface area contributed by atoms with Gasteiger partial charge in [-0.3, -0.25) is 9.69 Å². The lowest BCUT2D eigenvalue weighted by Crippen LogP contribution is -2.49. The fourth-order valence-corrected chi connectivity index (χ4v) is 3.35. The van der Waals surface area contributed by atoms with Gasteiger partial charge in [-0.15, -0.1) is 5.10 Å². The number of fused-ring (bicyclic) bond motifs is 1. The number of nitrogens with one attached hydrogen (secondary N) is 1. The molecule has 1 saturated heterocycles. The third-order valence-electron chi connectivity index (χ3n) is 4.52. The summed E-state index contributed by atoms with van der Waals surface area (Å²) in [6.07, 6.45) is 1.53. The van der Waals surface area contributed by atoms with Crippen molar-refractivity contribution in [2.45, 2.75) is 0 Å². The highest BCUT2D eigenvalue weighted by atomic mass is 35.5. The van der Waals surface area contributed by atoms with E-state index >= 15 is 0 Å². The Labute approximate surface area is 160 Å². The summed E-state index contributed by atoms with van der Waals surface area (Å²) in [4.78, 5) is 25.1. The average Bonchev–Trinajstić information content (AvgIpc) is 3.04. The maximum absolute atomic E-state index is 12.3. The van der Waals surface area contributed by atoms with Crippen molar-refractivity contribution >= 4 is 40.2 Å². The first-order chi connectivity index (χ1) is 13.1. The summed E-state index contributed by atoms with van der Waals surface area (Å²) < 4.78 is 1.64. The van der Waals surface area contributed by atoms with Crippen molar-refractivity contribution in [3.63, 3.8) is 0 Å². The van der Waals surface area contributed by atoms with Crippen LogP contribution in [0.1, 0.15) is 0 Å². The van der Waals surface area contributed by atoms with Crippen molar-refractivity contribution in [2.75, 3.05) is 42.9 Å². The Balaban J connectivity index is 1.35. The summed E-state index contributed by atoms with van der Waals surface area (Å²) in [5, 5.41) is 11.7. The molecule has 0 aliphatic carbocycles. The van der Waals surface area contributed by atoms with Crippen molar-refractivity contribution in [1.82, 2.24) is 29.9 Å². The number of hydrogen-bond acceptors (Lipinski definition) is 7. The molecule has 140 valence electrons. The van der Waals surface area contributed by atoms with Crippen molar-refractivity contribution in [3.8, 4) is 0 Å². The van der Waals surface area contributed by atoms with Crippen molar-refractivity contribution < 1.29 is 4.79 Å². The number of aryl methyl sites for hydroxylation is 1. The molecule has 1 amide bonds. The second kappa shape index (κ2) is 7.45. The normalized spacial score (nSPS) is 15.3. The number of halogens is 1. The number of amides is 1. The zero-order valence-corrected chi connectivity index (χ0v) is 15.6. The molecule has 1 fully saturated rings. The Morgan fingerprint density at radius 1 is 1.22 bits per heavy atom. The van der Waals surface area contributed by atoms with Crippen LogP contribution in [-0.2, 0) is 11.8 Å². The molecule has 1 N–H and O–H groups in total. The number of carbonyl (C=O) groups is 1. The molecule has 3 heterocycles. The monoisotopic (exact) mass is 386 g/mol. The van der Waals surface area contributed by atoms with Crippen LogP contribution < -0.4 is 10.2 Å². The number of carbonyl (C=O) groups excluding carboxylic acids is 1. The van der Waals surface area contributed by atoms with Crippen molar-refractivity contribution in [3.05, 3.63) is 35.6 Å². The minimum atomic E-state index is -0.0518. The molecule has 0 unspecified atom stereocenters. The summed E-state index contributed by atoms with van der Waals surface area (Å²) in [6.45, 7) is 3.37. The van der Waals surface area contributed by atoms with E-state index in [2.05, 4.69) is 35.4 Å². The molecule has 10 heteroatoms. The fraction of sp³-hybridized carbons (Fsp3) is 0.353. The van der Waals surface area contributed by atoms with E-state index in [1.165, 1.54) is 6.33 Å². The van der Waals surface area contributed by atoms with Crippen LogP contribution in [0.25, 0.3) is 11.2 Å². The van der Waals surface area contributed by atoms with Crippen LogP contribution in [0.3, 0.4) is 0 Å². The van der Waals surface area contributed by atoms with Gasteiger partial charge in [-0.1, -0.05) is 22.9 Å². The molecule has 1 aliphatic rings. The zero-order valence-electron chi connectivity index (χ0n) is 14.8. The first-order valence-electron chi connectivity index (χ1n) is 8.63. The molecule has 0 radical (unpaired) electrons. The summed E-state index contributed by atoms with van der Waals surface area (Å²) in [5.74, 6) is 0.736. The molecule has 0 saturated carbocycles. The number of piperazine rings is 1. The topological polar surface area (TPSA) is 92.1 Å². The summed E-state index contributed by atoms with van der Waals surface area (Å²) >= 11 is 5.95. The Morgan fingerprint density at radius 2 is 2.04 bits per heavy atom. The largest absolute Gasteiger partial charge is 0.352 e. The third-order valence-corrected chi connectivity index (χ3v) is 4.75. The second-order valence-corrected chi connectivity index (χ2v) is 6.84. The van der Waals surface area contributed by atoms with E-state index in [1.54, 1.807) is 16.8 Å². The van der Waals surface area contributed by atoms with E-state index in [-0.39, 0.29) is 5.91 Å². The number of hydrogen-bond donors (Lipinski definition) is 1. The average molecular weight is 387 g/mol. The molecule has 2 aromatic heterocycles. The molecular weight excluding hydrogens is 368 g/mol. The summed E-state index contributed by atoms with van der Waals surface area (Å²) in [7, 11) is 1.81. The Morgan fingerprint density at radius 3 is 2.81 bits per heavy atom. The van der Waals surface area contributed by atoms with E-state index < -0.39 is 0 Å². The number of benzene rings is 1. The minimum Gasteiger partial charge on any atom is -0.352 e. The highest BCUT2D eigenvalue weighted by Gasteiger charge is 2.23. The van der Waals surface area contributed by atoms with E-state index in [4.69, 9.17) is 11.6 Å². The molecule has 1 aromatic carbocycles. The van der Waals surface area contributed by atoms with Gasteiger partial charge in [0.1, 0.15) is 6.33 Å². The number of nitrogens with zero attached hydrogens (tertiary/aromatic N) is 7. The lowest BCUT2D eigenvalue weighted by atomic mass is 10.3. The third kappa shape index (κ3) is 3.83. The smallest absolute Gasteiger partial charge is 0.238 e. The summed E-state index contributed by atoms with van der Waals surface area (Å²) in [6, 6.07) is 7.14. The molecule has 1 aliphatic heterocycles. The van der Waals surface area contributed by atoms with Gasteiger partial charge < -0.3 is 10.2 Å². The van der Waals surface area contributed by atoms with Crippen molar-refractivity contribution in [1.29, 1.82) is 0 Å². The summed E-state index contributed by atoms with van der Waals surface area (Å²) in [5.41, 5.74) is 2.12. The predicted octanol–water partition coefficient (Wildman–Crippen LogP) is 1.17. The maximum atomic E-state index is 12.3. The first-order valence-corrected chi connectivity index (χ1v) is 9.01. The van der Waals surface area contributed by atoms with Crippen molar-refractivity contribution in [2.24, 2.45) is 7.05 Å². The van der Waals surface area contributed by atoms with Gasteiger partial charge >= 0.3 is 0 Å². The van der Waals surface area contributed by atoms with Crippen LogP contribution in [0.2, 0.25) is 5.02 Å². The Bertz CT molecular complexity index is 966. The minimum absolute atomic E-state index is 0.0518. The van der Waals surface area contributed by atoms with Gasteiger partial charge in [0.05, 0.1) is 6.54 Å². The highest BCUT2D eigenvalue weighted by Crippen LogP contribution is 2.21.